The summed E-state index contributed by atoms with van der Waals surface area (Å²) < 4.78 is 31.6. The van der Waals surface area contributed by atoms with Crippen LogP contribution in [-0.4, -0.2) is 50.8 Å². The number of thioether (sulfide) groups is 1. The first-order valence-corrected chi connectivity index (χ1v) is 13.4. The van der Waals surface area contributed by atoms with E-state index in [1.807, 2.05) is 25.6 Å². The molecule has 1 aliphatic rings. The van der Waals surface area contributed by atoms with Crippen LogP contribution in [0.1, 0.15) is 52.4 Å². The highest BCUT2D eigenvalue weighted by atomic mass is 32.2. The lowest BCUT2D eigenvalue weighted by Crippen LogP contribution is -2.49. The molecule has 1 atom stereocenters. The fourth-order valence-corrected chi connectivity index (χ4v) is 6.10. The molecule has 0 saturated heterocycles. The zero-order valence-electron chi connectivity index (χ0n) is 17.7. The minimum Gasteiger partial charge on any atom is -0.494 e. The van der Waals surface area contributed by atoms with E-state index in [0.717, 1.165) is 12.0 Å². The Morgan fingerprint density at radius 3 is 2.41 bits per heavy atom. The first-order valence-electron chi connectivity index (χ1n) is 10.5. The molecule has 0 radical (unpaired) electrons. The third kappa shape index (κ3) is 7.41. The Labute approximate surface area is 179 Å². The number of amides is 1. The Kier molecular flexibility index (Phi) is 9.62. The number of ether oxygens (including phenoxy) is 1. The molecule has 0 spiro atoms. The van der Waals surface area contributed by atoms with Crippen LogP contribution in [0.25, 0.3) is 0 Å². The normalized spacial score (nSPS) is 16.2. The molecular formula is C21H34N2O4S2. The minimum absolute atomic E-state index is 0.254. The monoisotopic (exact) mass is 442 g/mol. The van der Waals surface area contributed by atoms with Gasteiger partial charge in [-0.1, -0.05) is 26.2 Å². The second-order valence-corrected chi connectivity index (χ2v) is 10.6. The molecule has 1 saturated carbocycles. The predicted octanol–water partition coefficient (Wildman–Crippen LogP) is 3.81. The van der Waals surface area contributed by atoms with E-state index in [0.29, 0.717) is 36.3 Å². The van der Waals surface area contributed by atoms with Crippen LogP contribution >= 0.6 is 11.8 Å². The first-order chi connectivity index (χ1) is 13.9. The zero-order chi connectivity index (χ0) is 21.3. The van der Waals surface area contributed by atoms with Crippen molar-refractivity contribution in [2.75, 3.05) is 29.5 Å². The zero-order valence-corrected chi connectivity index (χ0v) is 19.4. The maximum absolute atomic E-state index is 12.8. The molecule has 6 nitrogen and oxygen atoms in total. The van der Waals surface area contributed by atoms with E-state index in [2.05, 4.69) is 5.32 Å². The Morgan fingerprint density at radius 2 is 1.86 bits per heavy atom. The number of carbonyl (C=O) groups is 1. The Balaban J connectivity index is 2.00. The molecule has 1 aliphatic carbocycles. The van der Waals surface area contributed by atoms with Gasteiger partial charge in [0.05, 0.1) is 18.6 Å². The van der Waals surface area contributed by atoms with Gasteiger partial charge >= 0.3 is 0 Å². The molecule has 1 aromatic rings. The summed E-state index contributed by atoms with van der Waals surface area (Å²) in [4.78, 5) is 12.8. The molecular weight excluding hydrogens is 408 g/mol. The molecule has 0 bridgehead atoms. The summed E-state index contributed by atoms with van der Waals surface area (Å²) in [5.74, 6) is 1.27. The van der Waals surface area contributed by atoms with Gasteiger partial charge in [0.2, 0.25) is 15.9 Å². The third-order valence-electron chi connectivity index (χ3n) is 5.04. The van der Waals surface area contributed by atoms with Crippen molar-refractivity contribution < 1.29 is 17.9 Å². The molecule has 0 aromatic heterocycles. The number of rotatable bonds is 11. The summed E-state index contributed by atoms with van der Waals surface area (Å²) in [6, 6.07) is 6.04. The van der Waals surface area contributed by atoms with Gasteiger partial charge in [0.15, 0.2) is 0 Å². The van der Waals surface area contributed by atoms with E-state index in [-0.39, 0.29) is 5.91 Å². The lowest BCUT2D eigenvalue weighted by Gasteiger charge is -2.30. The lowest BCUT2D eigenvalue weighted by molar-refractivity contribution is -0.122. The van der Waals surface area contributed by atoms with Crippen molar-refractivity contribution in [1.29, 1.82) is 0 Å². The Morgan fingerprint density at radius 1 is 1.21 bits per heavy atom. The first kappa shape index (κ1) is 23.9. The second-order valence-electron chi connectivity index (χ2n) is 7.33. The molecule has 1 fully saturated rings. The average molecular weight is 443 g/mol. The van der Waals surface area contributed by atoms with E-state index in [9.17, 15) is 13.2 Å². The minimum atomic E-state index is -3.62. The van der Waals surface area contributed by atoms with Gasteiger partial charge in [0.1, 0.15) is 11.8 Å². The van der Waals surface area contributed by atoms with Gasteiger partial charge in [-0.2, -0.15) is 11.8 Å². The average Bonchev–Trinajstić information content (AvgIpc) is 2.70. The lowest BCUT2D eigenvalue weighted by atomic mass is 10.0. The van der Waals surface area contributed by atoms with E-state index in [4.69, 9.17) is 4.74 Å². The van der Waals surface area contributed by atoms with Gasteiger partial charge in [-0.3, -0.25) is 9.10 Å². The maximum Gasteiger partial charge on any atom is 0.243 e. The number of hydrogen-bond acceptors (Lipinski definition) is 5. The van der Waals surface area contributed by atoms with Crippen molar-refractivity contribution in [3.63, 3.8) is 0 Å². The van der Waals surface area contributed by atoms with Crippen LogP contribution in [-0.2, 0) is 14.8 Å². The van der Waals surface area contributed by atoms with Crippen molar-refractivity contribution in [2.24, 2.45) is 0 Å². The van der Waals surface area contributed by atoms with Crippen molar-refractivity contribution in [2.45, 2.75) is 63.7 Å². The highest BCUT2D eigenvalue weighted by Gasteiger charge is 2.31. The van der Waals surface area contributed by atoms with Crippen LogP contribution in [0.15, 0.2) is 24.3 Å². The molecule has 0 aliphatic heterocycles. The van der Waals surface area contributed by atoms with Gasteiger partial charge in [-0.05, 0) is 50.5 Å². The van der Waals surface area contributed by atoms with Crippen LogP contribution in [0.4, 0.5) is 5.69 Å². The van der Waals surface area contributed by atoms with E-state index >= 15 is 0 Å². The van der Waals surface area contributed by atoms with Crippen LogP contribution in [0.5, 0.6) is 5.75 Å². The quantitative estimate of drug-likeness (QED) is 0.528. The number of benzene rings is 1. The fraction of sp³-hybridized carbons (Fsp3) is 0.667. The maximum atomic E-state index is 12.8. The Hall–Kier alpha value is -1.41. The third-order valence-corrected chi connectivity index (χ3v) is 7.60. The Bertz CT molecular complexity index is 732. The fourth-order valence-electron chi connectivity index (χ4n) is 3.67. The number of sulfonamides is 1. The van der Waals surface area contributed by atoms with Gasteiger partial charge in [-0.15, -0.1) is 0 Å². The molecule has 1 N–H and O–H groups in total. The van der Waals surface area contributed by atoms with Crippen LogP contribution in [0, 0.1) is 0 Å². The van der Waals surface area contributed by atoms with E-state index in [1.165, 1.54) is 36.4 Å². The second kappa shape index (κ2) is 11.7. The highest BCUT2D eigenvalue weighted by molar-refractivity contribution is 7.99. The van der Waals surface area contributed by atoms with Crippen molar-refractivity contribution in [3.8, 4) is 5.75 Å². The standard InChI is InChI=1S/C21H34N2O4S2/c1-4-20(21(24)22-15-16-28-19-9-7-6-8-10-19)23(29(3,25)26)17-11-13-18(14-12-17)27-5-2/h11-14,19-20H,4-10,15-16H2,1-3H3,(H,22,24)/t20-/m0/s1. The predicted molar refractivity (Wildman–Crippen MR) is 121 cm³/mol. The molecule has 29 heavy (non-hydrogen) atoms. The molecule has 1 amide bonds. The van der Waals surface area contributed by atoms with Gasteiger partial charge in [0, 0.05) is 17.5 Å². The molecule has 0 unspecified atom stereocenters. The summed E-state index contributed by atoms with van der Waals surface area (Å²) in [6.45, 7) is 4.81. The number of nitrogens with zero attached hydrogens (tertiary/aromatic N) is 1. The largest absolute Gasteiger partial charge is 0.494 e. The molecule has 8 heteroatoms. The molecule has 0 heterocycles. The number of anilines is 1. The van der Waals surface area contributed by atoms with Crippen LogP contribution < -0.4 is 14.4 Å². The van der Waals surface area contributed by atoms with Gasteiger partial charge in [0.25, 0.3) is 0 Å². The van der Waals surface area contributed by atoms with Crippen molar-refractivity contribution in [3.05, 3.63) is 24.3 Å². The molecule has 2 rings (SSSR count). The number of hydrogen-bond donors (Lipinski definition) is 1. The number of carbonyl (C=O) groups excluding carboxylic acids is 1. The molecule has 1 aromatic carbocycles. The van der Waals surface area contributed by atoms with Crippen LogP contribution in [0.3, 0.4) is 0 Å². The smallest absolute Gasteiger partial charge is 0.243 e. The topological polar surface area (TPSA) is 75.7 Å². The summed E-state index contributed by atoms with van der Waals surface area (Å²) in [6.07, 6.45) is 7.98. The highest BCUT2D eigenvalue weighted by Crippen LogP contribution is 2.28. The van der Waals surface area contributed by atoms with E-state index in [1.54, 1.807) is 24.3 Å². The van der Waals surface area contributed by atoms with Crippen molar-refractivity contribution >= 4 is 33.4 Å². The summed E-state index contributed by atoms with van der Waals surface area (Å²) in [5.41, 5.74) is 0.467. The number of nitrogens with one attached hydrogen (secondary N) is 1. The van der Waals surface area contributed by atoms with Crippen molar-refractivity contribution in [1.82, 2.24) is 5.32 Å². The van der Waals surface area contributed by atoms with Gasteiger partial charge < -0.3 is 10.1 Å². The summed E-state index contributed by atoms with van der Waals surface area (Å²) in [5, 5.41) is 3.63. The van der Waals surface area contributed by atoms with Crippen LogP contribution in [0.2, 0.25) is 0 Å². The summed E-state index contributed by atoms with van der Waals surface area (Å²) in [7, 11) is -3.62. The van der Waals surface area contributed by atoms with Gasteiger partial charge in [-0.25, -0.2) is 8.42 Å². The SMILES string of the molecule is CCOc1ccc(N([C@@H](CC)C(=O)NCCSC2CCCCC2)S(C)(=O)=O)cc1. The molecule has 164 valence electrons. The summed E-state index contributed by atoms with van der Waals surface area (Å²) >= 11 is 1.91. The van der Waals surface area contributed by atoms with E-state index < -0.39 is 16.1 Å².